The van der Waals surface area contributed by atoms with Crippen LogP contribution < -0.4 is 0 Å². The number of aryl methyl sites for hydroxylation is 1. The van der Waals surface area contributed by atoms with Gasteiger partial charge in [0, 0.05) is 21.1 Å². The van der Waals surface area contributed by atoms with E-state index in [4.69, 9.17) is 9.72 Å². The zero-order chi connectivity index (χ0) is 15.0. The Labute approximate surface area is 138 Å². The number of esters is 1. The van der Waals surface area contributed by atoms with Crippen LogP contribution in [0, 0.1) is 0 Å². The molecule has 1 aliphatic heterocycles. The molecule has 2 aliphatic rings. The maximum Gasteiger partial charge on any atom is 0.315 e. The highest BCUT2D eigenvalue weighted by molar-refractivity contribution is 8.07. The van der Waals surface area contributed by atoms with Gasteiger partial charge in [-0.15, -0.1) is 23.1 Å². The summed E-state index contributed by atoms with van der Waals surface area (Å²) in [7, 11) is 0. The summed E-state index contributed by atoms with van der Waals surface area (Å²) in [4.78, 5) is 18.2. The van der Waals surface area contributed by atoms with E-state index in [2.05, 4.69) is 13.8 Å². The largest absolute Gasteiger partial charge is 0.465 e. The summed E-state index contributed by atoms with van der Waals surface area (Å²) in [6, 6.07) is 0. The van der Waals surface area contributed by atoms with E-state index in [9.17, 15) is 4.79 Å². The molecule has 1 aromatic heterocycles. The van der Waals surface area contributed by atoms with Crippen LogP contribution in [0.2, 0.25) is 0 Å². The summed E-state index contributed by atoms with van der Waals surface area (Å²) < 4.78 is 5.18. The lowest BCUT2D eigenvalue weighted by atomic mass is 10.1. The number of ether oxygens (including phenoxy) is 1. The van der Waals surface area contributed by atoms with Gasteiger partial charge in [-0.05, 0) is 19.8 Å². The van der Waals surface area contributed by atoms with Gasteiger partial charge in [-0.3, -0.25) is 4.79 Å². The number of thioether (sulfide) groups is 2. The molecule has 0 bridgehead atoms. The fourth-order valence-electron chi connectivity index (χ4n) is 2.77. The van der Waals surface area contributed by atoms with Gasteiger partial charge in [0.15, 0.2) is 0 Å². The molecular formula is C15H21NO2S3. The minimum atomic E-state index is -0.123. The quantitative estimate of drug-likeness (QED) is 0.775. The lowest BCUT2D eigenvalue weighted by Gasteiger charge is -2.30. The van der Waals surface area contributed by atoms with Crippen LogP contribution >= 0.6 is 34.9 Å². The molecule has 1 aromatic rings. The summed E-state index contributed by atoms with van der Waals surface area (Å²) in [6.07, 6.45) is 1.85. The Kier molecular flexibility index (Phi) is 4.86. The number of carbonyl (C=O) groups excluding carboxylic acids is 1. The number of hydrogen-bond acceptors (Lipinski definition) is 6. The van der Waals surface area contributed by atoms with E-state index < -0.39 is 0 Å². The van der Waals surface area contributed by atoms with Crippen molar-refractivity contribution in [3.63, 3.8) is 0 Å². The van der Waals surface area contributed by atoms with Crippen LogP contribution in [0.1, 0.15) is 53.9 Å². The third kappa shape index (κ3) is 3.13. The summed E-state index contributed by atoms with van der Waals surface area (Å²) >= 11 is 5.89. The number of nitrogens with zero attached hydrogens (tertiary/aromatic N) is 1. The molecule has 3 rings (SSSR count). The molecule has 1 fully saturated rings. The van der Waals surface area contributed by atoms with Gasteiger partial charge in [0.25, 0.3) is 0 Å². The Morgan fingerprint density at radius 2 is 2.19 bits per heavy atom. The van der Waals surface area contributed by atoms with Crippen LogP contribution in [0.5, 0.6) is 0 Å². The first-order valence-electron chi connectivity index (χ1n) is 7.53. The molecule has 0 spiro atoms. The second kappa shape index (κ2) is 6.50. The molecule has 4 atom stereocenters. The van der Waals surface area contributed by atoms with Gasteiger partial charge in [-0.25, -0.2) is 4.98 Å². The fourth-order valence-corrected chi connectivity index (χ4v) is 7.10. The van der Waals surface area contributed by atoms with Gasteiger partial charge >= 0.3 is 5.97 Å². The molecule has 0 saturated carbocycles. The Bertz CT molecular complexity index is 531. The predicted molar refractivity (Wildman–Crippen MR) is 91.5 cm³/mol. The van der Waals surface area contributed by atoms with Crippen LogP contribution in [0.15, 0.2) is 0 Å². The van der Waals surface area contributed by atoms with E-state index in [0.29, 0.717) is 22.4 Å². The SMILES string of the molecule is CCOC(=O)C1CCc2sc(C3CSC(C)C(C)S3)nc21. The molecule has 0 N–H and O–H groups in total. The van der Waals surface area contributed by atoms with Gasteiger partial charge in [-0.1, -0.05) is 13.8 Å². The second-order valence-electron chi connectivity index (χ2n) is 5.57. The van der Waals surface area contributed by atoms with E-state index >= 15 is 0 Å². The van der Waals surface area contributed by atoms with E-state index in [1.165, 1.54) is 9.88 Å². The van der Waals surface area contributed by atoms with Crippen LogP contribution in [-0.4, -0.2) is 33.8 Å². The summed E-state index contributed by atoms with van der Waals surface area (Å²) in [5.74, 6) is 0.912. The van der Waals surface area contributed by atoms with Gasteiger partial charge in [0.1, 0.15) is 10.9 Å². The van der Waals surface area contributed by atoms with E-state index in [-0.39, 0.29) is 11.9 Å². The molecule has 116 valence electrons. The first-order valence-corrected chi connectivity index (χ1v) is 10.3. The van der Waals surface area contributed by atoms with Crippen molar-refractivity contribution in [3.8, 4) is 0 Å². The zero-order valence-corrected chi connectivity index (χ0v) is 15.1. The average Bonchev–Trinajstić information content (AvgIpc) is 3.01. The normalized spacial score (nSPS) is 32.0. The Hall–Kier alpha value is -0.200. The molecule has 3 nitrogen and oxygen atoms in total. The first kappa shape index (κ1) is 15.7. The topological polar surface area (TPSA) is 39.2 Å². The van der Waals surface area contributed by atoms with Gasteiger partial charge in [0.2, 0.25) is 0 Å². The minimum absolute atomic E-state index is 0.0965. The van der Waals surface area contributed by atoms with Crippen LogP contribution in [0.4, 0.5) is 0 Å². The number of aromatic nitrogens is 1. The second-order valence-corrected chi connectivity index (χ2v) is 9.68. The standard InChI is InChI=1S/C15H21NO2S3/c1-4-18-15(17)10-5-6-11-13(10)16-14(21-11)12-7-19-8(2)9(3)20-12/h8-10,12H,4-7H2,1-3H3. The molecule has 21 heavy (non-hydrogen) atoms. The number of thiazole rings is 1. The maximum atomic E-state index is 12.0. The van der Waals surface area contributed by atoms with Crippen molar-refractivity contribution in [3.05, 3.63) is 15.6 Å². The Balaban J connectivity index is 1.76. The average molecular weight is 344 g/mol. The highest BCUT2D eigenvalue weighted by Crippen LogP contribution is 2.47. The van der Waals surface area contributed by atoms with E-state index in [1.54, 1.807) is 0 Å². The summed E-state index contributed by atoms with van der Waals surface area (Å²) in [5, 5.41) is 3.07. The maximum absolute atomic E-state index is 12.0. The van der Waals surface area contributed by atoms with Crippen LogP contribution in [0.25, 0.3) is 0 Å². The van der Waals surface area contributed by atoms with Gasteiger partial charge < -0.3 is 4.74 Å². The predicted octanol–water partition coefficient (Wildman–Crippen LogP) is 4.03. The molecule has 0 aromatic carbocycles. The molecule has 2 heterocycles. The lowest BCUT2D eigenvalue weighted by Crippen LogP contribution is -2.22. The first-order chi connectivity index (χ1) is 10.1. The molecule has 1 saturated heterocycles. The van der Waals surface area contributed by atoms with Crippen molar-refractivity contribution in [1.29, 1.82) is 0 Å². The molecule has 0 amide bonds. The van der Waals surface area contributed by atoms with Crippen LogP contribution in [0.3, 0.4) is 0 Å². The third-order valence-corrected chi connectivity index (χ3v) is 8.92. The molecular weight excluding hydrogens is 322 g/mol. The van der Waals surface area contributed by atoms with E-state index in [0.717, 1.165) is 24.3 Å². The number of hydrogen-bond donors (Lipinski definition) is 0. The molecule has 1 aliphatic carbocycles. The summed E-state index contributed by atoms with van der Waals surface area (Å²) in [6.45, 7) is 6.92. The highest BCUT2D eigenvalue weighted by Gasteiger charge is 2.36. The minimum Gasteiger partial charge on any atom is -0.465 e. The van der Waals surface area contributed by atoms with Crippen molar-refractivity contribution in [2.45, 2.75) is 55.3 Å². The Morgan fingerprint density at radius 3 is 2.90 bits per heavy atom. The Morgan fingerprint density at radius 1 is 1.38 bits per heavy atom. The smallest absolute Gasteiger partial charge is 0.315 e. The molecule has 6 heteroatoms. The highest BCUT2D eigenvalue weighted by atomic mass is 32.2. The summed E-state index contributed by atoms with van der Waals surface area (Å²) in [5.41, 5.74) is 1.00. The number of carbonyl (C=O) groups is 1. The number of rotatable bonds is 3. The van der Waals surface area contributed by atoms with Crippen molar-refractivity contribution in [2.24, 2.45) is 0 Å². The zero-order valence-electron chi connectivity index (χ0n) is 12.6. The lowest BCUT2D eigenvalue weighted by molar-refractivity contribution is -0.145. The van der Waals surface area contributed by atoms with Gasteiger partial charge in [-0.2, -0.15) is 11.8 Å². The van der Waals surface area contributed by atoms with Crippen molar-refractivity contribution in [2.75, 3.05) is 12.4 Å². The number of fused-ring (bicyclic) bond motifs is 1. The van der Waals surface area contributed by atoms with E-state index in [1.807, 2.05) is 41.8 Å². The molecule has 0 radical (unpaired) electrons. The fraction of sp³-hybridized carbons (Fsp3) is 0.733. The van der Waals surface area contributed by atoms with Crippen molar-refractivity contribution in [1.82, 2.24) is 4.98 Å². The van der Waals surface area contributed by atoms with Gasteiger partial charge in [0.05, 0.1) is 17.6 Å². The van der Waals surface area contributed by atoms with Crippen molar-refractivity contribution < 1.29 is 9.53 Å². The molecule has 4 unspecified atom stereocenters. The monoisotopic (exact) mass is 343 g/mol. The van der Waals surface area contributed by atoms with Crippen LogP contribution in [-0.2, 0) is 16.0 Å². The van der Waals surface area contributed by atoms with Crippen molar-refractivity contribution >= 4 is 40.8 Å². The third-order valence-electron chi connectivity index (χ3n) is 4.13.